The third-order valence-electron chi connectivity index (χ3n) is 4.86. The van der Waals surface area contributed by atoms with Crippen LogP contribution in [0, 0.1) is 12.7 Å². The van der Waals surface area contributed by atoms with Crippen molar-refractivity contribution in [3.05, 3.63) is 35.1 Å². The quantitative estimate of drug-likeness (QED) is 0.649. The minimum absolute atomic E-state index is 0.170. The Morgan fingerprint density at radius 2 is 2.29 bits per heavy atom. The second-order valence-electron chi connectivity index (χ2n) is 6.64. The Balaban J connectivity index is 1.44. The van der Waals surface area contributed by atoms with Crippen molar-refractivity contribution in [2.75, 3.05) is 33.3 Å². The van der Waals surface area contributed by atoms with E-state index in [9.17, 15) is 4.39 Å². The maximum atomic E-state index is 13.3. The zero-order valence-corrected chi connectivity index (χ0v) is 14.5. The molecule has 2 atom stereocenters. The molecule has 0 saturated carbocycles. The molecule has 24 heavy (non-hydrogen) atoms. The van der Waals surface area contributed by atoms with Crippen LogP contribution in [0.4, 0.5) is 4.39 Å². The van der Waals surface area contributed by atoms with Crippen molar-refractivity contribution in [3.8, 4) is 0 Å². The molecule has 0 aromatic heterocycles. The topological polar surface area (TPSA) is 48.9 Å². The second-order valence-corrected chi connectivity index (χ2v) is 6.64. The number of hydrogen-bond acceptors (Lipinski definition) is 3. The predicted octanol–water partition coefficient (Wildman–Crippen LogP) is 1.66. The lowest BCUT2D eigenvalue weighted by molar-refractivity contribution is -0.0453. The van der Waals surface area contributed by atoms with Gasteiger partial charge in [-0.25, -0.2) is 4.39 Å². The van der Waals surface area contributed by atoms with Crippen LogP contribution in [0.3, 0.4) is 0 Å². The van der Waals surface area contributed by atoms with E-state index in [1.165, 1.54) is 25.5 Å². The Hall–Kier alpha value is -1.66. The normalized spacial score (nSPS) is 24.7. The van der Waals surface area contributed by atoms with Crippen LogP contribution in [0.5, 0.6) is 0 Å². The molecule has 5 nitrogen and oxygen atoms in total. The number of fused-ring (bicyclic) bond motifs is 1. The van der Waals surface area contributed by atoms with E-state index in [0.717, 1.165) is 31.2 Å². The Morgan fingerprint density at radius 3 is 3.08 bits per heavy atom. The molecule has 132 valence electrons. The minimum Gasteiger partial charge on any atom is -0.373 e. The van der Waals surface area contributed by atoms with Crippen molar-refractivity contribution in [3.63, 3.8) is 0 Å². The molecule has 0 bridgehead atoms. The highest BCUT2D eigenvalue weighted by Crippen LogP contribution is 2.22. The summed E-state index contributed by atoms with van der Waals surface area (Å²) in [5.74, 6) is 0.569. The predicted molar refractivity (Wildman–Crippen MR) is 93.7 cm³/mol. The first-order valence-corrected chi connectivity index (χ1v) is 8.71. The summed E-state index contributed by atoms with van der Waals surface area (Å²) in [4.78, 5) is 6.78. The average molecular weight is 334 g/mol. The van der Waals surface area contributed by atoms with Gasteiger partial charge in [0.05, 0.1) is 12.7 Å². The molecule has 1 aromatic rings. The zero-order valence-electron chi connectivity index (χ0n) is 14.5. The summed E-state index contributed by atoms with van der Waals surface area (Å²) in [7, 11) is 1.75. The number of benzene rings is 1. The molecular weight excluding hydrogens is 307 g/mol. The number of ether oxygens (including phenoxy) is 1. The van der Waals surface area contributed by atoms with E-state index in [0.29, 0.717) is 18.2 Å². The van der Waals surface area contributed by atoms with Crippen LogP contribution < -0.4 is 10.6 Å². The van der Waals surface area contributed by atoms with Crippen LogP contribution in [0.25, 0.3) is 0 Å². The summed E-state index contributed by atoms with van der Waals surface area (Å²) in [5.41, 5.74) is 1.69. The van der Waals surface area contributed by atoms with Crippen molar-refractivity contribution < 1.29 is 9.13 Å². The van der Waals surface area contributed by atoms with Gasteiger partial charge in [-0.05, 0) is 43.5 Å². The van der Waals surface area contributed by atoms with Gasteiger partial charge in [-0.15, -0.1) is 0 Å². The first kappa shape index (κ1) is 17.2. The molecule has 2 saturated heterocycles. The van der Waals surface area contributed by atoms with Gasteiger partial charge < -0.3 is 15.4 Å². The molecular formula is C18H27FN4O. The zero-order chi connectivity index (χ0) is 16.9. The number of halogens is 1. The second kappa shape index (κ2) is 7.94. The van der Waals surface area contributed by atoms with Gasteiger partial charge in [0, 0.05) is 32.7 Å². The van der Waals surface area contributed by atoms with Gasteiger partial charge in [-0.2, -0.15) is 0 Å². The molecule has 0 spiro atoms. The molecule has 2 N–H and O–H groups in total. The number of aryl methyl sites for hydroxylation is 1. The molecule has 0 amide bonds. The number of nitrogens with one attached hydrogen (secondary N) is 2. The van der Waals surface area contributed by atoms with E-state index in [1.807, 2.05) is 6.07 Å². The molecule has 0 radical (unpaired) electrons. The Kier molecular flexibility index (Phi) is 5.68. The fourth-order valence-corrected chi connectivity index (χ4v) is 3.44. The maximum absolute atomic E-state index is 13.3. The number of morpholine rings is 1. The maximum Gasteiger partial charge on any atom is 0.191 e. The molecule has 3 rings (SSSR count). The van der Waals surface area contributed by atoms with Gasteiger partial charge in [0.15, 0.2) is 5.96 Å². The number of guanidine groups is 1. The monoisotopic (exact) mass is 334 g/mol. The van der Waals surface area contributed by atoms with Crippen LogP contribution in [-0.2, 0) is 11.3 Å². The van der Waals surface area contributed by atoms with Crippen molar-refractivity contribution in [2.24, 2.45) is 4.99 Å². The fraction of sp³-hybridized carbons (Fsp3) is 0.611. The lowest BCUT2D eigenvalue weighted by atomic mass is 10.1. The Morgan fingerprint density at radius 1 is 1.42 bits per heavy atom. The van der Waals surface area contributed by atoms with E-state index in [2.05, 4.69) is 20.5 Å². The summed E-state index contributed by atoms with van der Waals surface area (Å²) < 4.78 is 19.3. The lowest BCUT2D eigenvalue weighted by Gasteiger charge is -2.35. The van der Waals surface area contributed by atoms with Crippen molar-refractivity contribution >= 4 is 5.96 Å². The minimum atomic E-state index is -0.170. The van der Waals surface area contributed by atoms with E-state index in [-0.39, 0.29) is 11.9 Å². The van der Waals surface area contributed by atoms with Crippen LogP contribution in [-0.4, -0.2) is 56.3 Å². The fourth-order valence-electron chi connectivity index (χ4n) is 3.44. The Bertz CT molecular complexity index is 592. The number of rotatable bonds is 4. The molecule has 1 aromatic carbocycles. The van der Waals surface area contributed by atoms with Gasteiger partial charge in [0.1, 0.15) is 5.82 Å². The van der Waals surface area contributed by atoms with Gasteiger partial charge >= 0.3 is 0 Å². The average Bonchev–Trinajstić information content (AvgIpc) is 3.06. The van der Waals surface area contributed by atoms with Crippen molar-refractivity contribution in [2.45, 2.75) is 38.5 Å². The number of aliphatic imine (C=N–C) groups is 1. The van der Waals surface area contributed by atoms with E-state index in [1.54, 1.807) is 20.0 Å². The summed E-state index contributed by atoms with van der Waals surface area (Å²) in [6.45, 7) is 6.16. The highest BCUT2D eigenvalue weighted by Gasteiger charge is 2.32. The van der Waals surface area contributed by atoms with Crippen LogP contribution in [0.2, 0.25) is 0 Å². The molecule has 2 heterocycles. The largest absolute Gasteiger partial charge is 0.373 e. The number of nitrogens with zero attached hydrogens (tertiary/aromatic N) is 2. The summed E-state index contributed by atoms with van der Waals surface area (Å²) in [6, 6.07) is 5.78. The van der Waals surface area contributed by atoms with E-state index in [4.69, 9.17) is 4.74 Å². The van der Waals surface area contributed by atoms with Gasteiger partial charge in [-0.3, -0.25) is 9.89 Å². The molecule has 6 heteroatoms. The first-order valence-electron chi connectivity index (χ1n) is 8.71. The van der Waals surface area contributed by atoms with Crippen LogP contribution in [0.15, 0.2) is 23.2 Å². The van der Waals surface area contributed by atoms with E-state index >= 15 is 0 Å². The highest BCUT2D eigenvalue weighted by molar-refractivity contribution is 5.79. The third-order valence-corrected chi connectivity index (χ3v) is 4.86. The van der Waals surface area contributed by atoms with Crippen molar-refractivity contribution in [1.82, 2.24) is 15.5 Å². The summed E-state index contributed by atoms with van der Waals surface area (Å²) >= 11 is 0. The van der Waals surface area contributed by atoms with Crippen LogP contribution in [0.1, 0.15) is 24.0 Å². The lowest BCUT2D eigenvalue weighted by Crippen LogP contribution is -2.51. The van der Waals surface area contributed by atoms with Gasteiger partial charge in [0.25, 0.3) is 0 Å². The van der Waals surface area contributed by atoms with Gasteiger partial charge in [0.2, 0.25) is 0 Å². The highest BCUT2D eigenvalue weighted by atomic mass is 19.1. The van der Waals surface area contributed by atoms with E-state index < -0.39 is 0 Å². The molecule has 0 aliphatic carbocycles. The third kappa shape index (κ3) is 4.24. The molecule has 2 unspecified atom stereocenters. The Labute approximate surface area is 143 Å². The molecule has 2 aliphatic rings. The van der Waals surface area contributed by atoms with Crippen LogP contribution >= 0.6 is 0 Å². The first-order chi connectivity index (χ1) is 11.7. The standard InChI is InChI=1S/C18H27FN4O/c1-13-8-14(5-6-17(13)19)9-21-18(20-2)22-10-16-11-23-7-3-4-15(23)12-24-16/h5-6,8,15-16H,3-4,7,9-12H2,1-2H3,(H2,20,21,22). The van der Waals surface area contributed by atoms with Gasteiger partial charge in [-0.1, -0.05) is 12.1 Å². The summed E-state index contributed by atoms with van der Waals surface area (Å²) in [6.07, 6.45) is 2.75. The summed E-state index contributed by atoms with van der Waals surface area (Å²) in [5, 5.41) is 6.59. The molecule has 2 fully saturated rings. The smallest absolute Gasteiger partial charge is 0.191 e. The SMILES string of the molecule is CN=C(NCc1ccc(F)c(C)c1)NCC1CN2CCCC2CO1. The number of hydrogen-bond donors (Lipinski definition) is 2. The molecule has 2 aliphatic heterocycles. The van der Waals surface area contributed by atoms with Crippen molar-refractivity contribution in [1.29, 1.82) is 0 Å².